The first-order valence-corrected chi connectivity index (χ1v) is 18.4. The van der Waals surface area contributed by atoms with E-state index in [2.05, 4.69) is 54.3 Å². The third-order valence-electron chi connectivity index (χ3n) is 10.5. The van der Waals surface area contributed by atoms with Crippen LogP contribution >= 0.6 is 0 Å². The Labute approximate surface area is 318 Å². The lowest BCUT2D eigenvalue weighted by atomic mass is 10.0. The van der Waals surface area contributed by atoms with Crippen molar-refractivity contribution in [3.63, 3.8) is 0 Å². The molecule has 2 aliphatic rings. The van der Waals surface area contributed by atoms with E-state index in [4.69, 9.17) is 0 Å². The number of carboxylic acid groups (broad SMARTS) is 1. The zero-order chi connectivity index (χ0) is 38.6. The summed E-state index contributed by atoms with van der Waals surface area (Å²) in [5.41, 5.74) is 6.28. The monoisotopic (exact) mass is 744 g/mol. The number of H-pyrrole nitrogens is 2. The number of likely N-dealkylation sites (N-methyl/N-ethyl adjacent to an activating group) is 1. The minimum Gasteiger partial charge on any atom is -0.465 e. The molecule has 4 heterocycles. The number of nitrogens with one attached hydrogen (secondary N) is 3. The number of ether oxygens (including phenoxy) is 1. The molecule has 4 N–H and O–H groups in total. The topological polar surface area (TPSA) is 177 Å². The lowest BCUT2D eigenvalue weighted by Crippen LogP contribution is -2.46. The number of carbonyl (C=O) groups is 4. The molecule has 0 saturated carbocycles. The fourth-order valence-corrected chi connectivity index (χ4v) is 7.60. The van der Waals surface area contributed by atoms with Gasteiger partial charge in [0.15, 0.2) is 0 Å². The van der Waals surface area contributed by atoms with Crippen molar-refractivity contribution in [2.75, 3.05) is 27.2 Å². The largest absolute Gasteiger partial charge is 0.465 e. The molecule has 2 aliphatic heterocycles. The van der Waals surface area contributed by atoms with Crippen molar-refractivity contribution in [2.24, 2.45) is 0 Å². The molecular formula is C41H44N8O6. The zero-order valence-corrected chi connectivity index (χ0v) is 30.9. The Bertz CT molecular complexity index is 2150. The van der Waals surface area contributed by atoms with Crippen LogP contribution in [-0.4, -0.2) is 97.0 Å². The van der Waals surface area contributed by atoms with Gasteiger partial charge in [-0.3, -0.25) is 14.5 Å². The summed E-state index contributed by atoms with van der Waals surface area (Å²) < 4.78 is 4.64. The molecule has 4 amide bonds. The van der Waals surface area contributed by atoms with Gasteiger partial charge in [0, 0.05) is 20.1 Å². The average molecular weight is 745 g/mol. The van der Waals surface area contributed by atoms with Gasteiger partial charge in [-0.05, 0) is 60.4 Å². The Morgan fingerprint density at radius 1 is 0.764 bits per heavy atom. The van der Waals surface area contributed by atoms with E-state index in [1.165, 1.54) is 14.2 Å². The average Bonchev–Trinajstić information content (AvgIpc) is 4.05. The van der Waals surface area contributed by atoms with E-state index < -0.39 is 24.3 Å². The van der Waals surface area contributed by atoms with Crippen LogP contribution < -0.4 is 5.32 Å². The van der Waals surface area contributed by atoms with Crippen LogP contribution in [0.2, 0.25) is 0 Å². The molecule has 284 valence electrons. The van der Waals surface area contributed by atoms with Crippen LogP contribution in [0.15, 0.2) is 91.3 Å². The van der Waals surface area contributed by atoms with Gasteiger partial charge in [0.25, 0.3) is 5.91 Å². The molecule has 3 aromatic carbocycles. The molecule has 0 unspecified atom stereocenters. The number of aromatic nitrogens is 4. The van der Waals surface area contributed by atoms with Gasteiger partial charge in [-0.25, -0.2) is 19.6 Å². The van der Waals surface area contributed by atoms with Gasteiger partial charge < -0.3 is 34.9 Å². The number of methoxy groups -OCH3 is 1. The quantitative estimate of drug-likeness (QED) is 0.124. The molecule has 0 aliphatic carbocycles. The molecular weight excluding hydrogens is 701 g/mol. The van der Waals surface area contributed by atoms with E-state index in [0.29, 0.717) is 30.3 Å². The van der Waals surface area contributed by atoms with E-state index in [1.54, 1.807) is 53.4 Å². The summed E-state index contributed by atoms with van der Waals surface area (Å²) in [5.74, 6) is 0.932. The molecule has 0 radical (unpaired) electrons. The molecule has 0 bridgehead atoms. The second kappa shape index (κ2) is 15.9. The van der Waals surface area contributed by atoms with Gasteiger partial charge in [-0.15, -0.1) is 0 Å². The highest BCUT2D eigenvalue weighted by Crippen LogP contribution is 2.36. The SMILES string of the molecule is COC(=O)N[C@@H](C)C(=O)N1CCC[C@H]1c1ncc(-c2ccc(-c3ccc(-c4cnc([C@@H]5CCCN5C(=O)[C@@H](c5ccccc5)N(C)C(=O)O)[nH]4)cc3)cc2)[nH]1. The van der Waals surface area contributed by atoms with Gasteiger partial charge >= 0.3 is 12.2 Å². The van der Waals surface area contributed by atoms with Crippen LogP contribution in [0.25, 0.3) is 33.6 Å². The minimum absolute atomic E-state index is 0.179. The highest BCUT2D eigenvalue weighted by Gasteiger charge is 2.39. The van der Waals surface area contributed by atoms with Crippen molar-refractivity contribution in [1.82, 2.24) is 40.0 Å². The Morgan fingerprint density at radius 2 is 1.24 bits per heavy atom. The molecule has 55 heavy (non-hydrogen) atoms. The first-order chi connectivity index (χ1) is 26.6. The number of amides is 4. The maximum atomic E-state index is 13.9. The standard InChI is InChI=1S/C41H44N8O6/c1-25(44-40(52)55-3)38(50)48-21-7-11-33(48)36-42-23-31(45-36)28-17-13-26(14-18-28)27-15-19-29(20-16-27)32-24-43-37(46-32)34-12-8-22-49(34)39(51)35(47(2)41(53)54)30-9-5-4-6-10-30/h4-6,9-10,13-20,23-25,33-35H,7-8,11-12,21-22H2,1-3H3,(H,42,45)(H,43,46)(H,44,52)(H,53,54)/t25-,33-,34-,35+/m0/s1. The van der Waals surface area contributed by atoms with E-state index in [9.17, 15) is 24.3 Å². The maximum Gasteiger partial charge on any atom is 0.407 e. The second-order valence-electron chi connectivity index (χ2n) is 14.0. The molecule has 2 fully saturated rings. The number of alkyl carbamates (subject to hydrolysis) is 1. The third kappa shape index (κ3) is 7.66. The number of likely N-dealkylation sites (tertiary alicyclic amines) is 2. The van der Waals surface area contributed by atoms with Gasteiger partial charge in [-0.1, -0.05) is 78.9 Å². The summed E-state index contributed by atoms with van der Waals surface area (Å²) in [7, 11) is 2.69. The van der Waals surface area contributed by atoms with Crippen LogP contribution in [-0.2, 0) is 14.3 Å². The summed E-state index contributed by atoms with van der Waals surface area (Å²) in [6.45, 7) is 2.75. The normalized spacial score (nSPS) is 17.8. The van der Waals surface area contributed by atoms with E-state index >= 15 is 0 Å². The lowest BCUT2D eigenvalue weighted by Gasteiger charge is -2.32. The van der Waals surface area contributed by atoms with Gasteiger partial charge in [0.1, 0.15) is 23.7 Å². The van der Waals surface area contributed by atoms with E-state index in [-0.39, 0.29) is 23.9 Å². The van der Waals surface area contributed by atoms with E-state index in [0.717, 1.165) is 64.2 Å². The molecule has 14 nitrogen and oxygen atoms in total. The van der Waals surface area contributed by atoms with Crippen LogP contribution in [0.1, 0.15) is 67.9 Å². The summed E-state index contributed by atoms with van der Waals surface area (Å²) >= 11 is 0. The number of imidazole rings is 2. The van der Waals surface area contributed by atoms with Crippen LogP contribution in [0.3, 0.4) is 0 Å². The minimum atomic E-state index is -1.17. The van der Waals surface area contributed by atoms with Gasteiger partial charge in [0.2, 0.25) is 5.91 Å². The number of carbonyl (C=O) groups excluding carboxylic acids is 3. The predicted octanol–water partition coefficient (Wildman–Crippen LogP) is 6.56. The highest BCUT2D eigenvalue weighted by molar-refractivity contribution is 5.87. The third-order valence-corrected chi connectivity index (χ3v) is 10.5. The Morgan fingerprint density at radius 3 is 1.71 bits per heavy atom. The van der Waals surface area contributed by atoms with E-state index in [1.807, 2.05) is 30.3 Å². The first-order valence-electron chi connectivity index (χ1n) is 18.4. The van der Waals surface area contributed by atoms with Gasteiger partial charge in [-0.2, -0.15) is 0 Å². The van der Waals surface area contributed by atoms with Crippen molar-refractivity contribution in [2.45, 2.75) is 56.8 Å². The summed E-state index contributed by atoms with van der Waals surface area (Å²) in [4.78, 5) is 71.3. The summed E-state index contributed by atoms with van der Waals surface area (Å²) in [5, 5.41) is 12.3. The van der Waals surface area contributed by atoms with Crippen LogP contribution in [0.4, 0.5) is 9.59 Å². The highest BCUT2D eigenvalue weighted by atomic mass is 16.5. The molecule has 2 saturated heterocycles. The maximum absolute atomic E-state index is 13.9. The molecule has 14 heteroatoms. The van der Waals surface area contributed by atoms with Crippen molar-refractivity contribution < 1.29 is 29.0 Å². The molecule has 0 spiro atoms. The zero-order valence-electron chi connectivity index (χ0n) is 30.9. The van der Waals surface area contributed by atoms with Crippen LogP contribution in [0.5, 0.6) is 0 Å². The number of rotatable bonds is 10. The second-order valence-corrected chi connectivity index (χ2v) is 14.0. The fraction of sp³-hybridized carbons (Fsp3) is 0.317. The predicted molar refractivity (Wildman–Crippen MR) is 204 cm³/mol. The number of nitrogens with zero attached hydrogens (tertiary/aromatic N) is 5. The number of aromatic amines is 2. The summed E-state index contributed by atoms with van der Waals surface area (Å²) in [6.07, 6.45) is 4.87. The number of hydrogen-bond acceptors (Lipinski definition) is 7. The van der Waals surface area contributed by atoms with Crippen molar-refractivity contribution in [3.05, 3.63) is 108 Å². The summed E-state index contributed by atoms with van der Waals surface area (Å²) in [6, 6.07) is 23.2. The Balaban J connectivity index is 1.01. The van der Waals surface area contributed by atoms with Gasteiger partial charge in [0.05, 0.1) is 43.0 Å². The number of hydrogen-bond donors (Lipinski definition) is 4. The van der Waals surface area contributed by atoms with Crippen LogP contribution in [0, 0.1) is 0 Å². The number of benzene rings is 3. The molecule has 5 aromatic rings. The lowest BCUT2D eigenvalue weighted by molar-refractivity contribution is -0.137. The van der Waals surface area contributed by atoms with Crippen molar-refractivity contribution >= 4 is 24.0 Å². The smallest absolute Gasteiger partial charge is 0.407 e. The van der Waals surface area contributed by atoms with Crippen molar-refractivity contribution in [1.29, 1.82) is 0 Å². The Kier molecular flexibility index (Phi) is 10.7. The van der Waals surface area contributed by atoms with Crippen molar-refractivity contribution in [3.8, 4) is 33.6 Å². The first kappa shape index (κ1) is 36.9. The Hall–Kier alpha value is -6.44. The fourth-order valence-electron chi connectivity index (χ4n) is 7.60. The molecule has 2 aromatic heterocycles. The molecule has 7 rings (SSSR count). The molecule has 4 atom stereocenters.